The van der Waals surface area contributed by atoms with Crippen LogP contribution >= 0.6 is 0 Å². The maximum absolute atomic E-state index is 15.1. The Hall–Kier alpha value is -5.76. The van der Waals surface area contributed by atoms with Gasteiger partial charge in [-0.05, 0) is 105 Å². The highest BCUT2D eigenvalue weighted by Gasteiger charge is 2.64. The Labute approximate surface area is 367 Å². The molecular formula is C54H60N4O4. The van der Waals surface area contributed by atoms with Crippen molar-refractivity contribution in [2.45, 2.75) is 106 Å². The summed E-state index contributed by atoms with van der Waals surface area (Å²) in [5.41, 5.74) is 6.61. The van der Waals surface area contributed by atoms with E-state index in [2.05, 4.69) is 52.2 Å². The summed E-state index contributed by atoms with van der Waals surface area (Å²) in [7, 11) is 0. The van der Waals surface area contributed by atoms with Crippen molar-refractivity contribution >= 4 is 51.8 Å². The zero-order valence-corrected chi connectivity index (χ0v) is 37.5. The van der Waals surface area contributed by atoms with Crippen molar-refractivity contribution in [3.63, 3.8) is 0 Å². The Morgan fingerprint density at radius 3 is 1.52 bits per heavy atom. The van der Waals surface area contributed by atoms with Gasteiger partial charge in [-0.25, -0.2) is 14.6 Å². The van der Waals surface area contributed by atoms with Crippen molar-refractivity contribution in [3.8, 4) is 0 Å². The minimum Gasteiger partial charge on any atom is -0.458 e. The Balaban J connectivity index is 1.24. The maximum atomic E-state index is 15.1. The van der Waals surface area contributed by atoms with E-state index in [0.29, 0.717) is 68.5 Å². The summed E-state index contributed by atoms with van der Waals surface area (Å²) in [6.07, 6.45) is 5.56. The molecule has 0 unspecified atom stereocenters. The van der Waals surface area contributed by atoms with Crippen molar-refractivity contribution in [2.75, 3.05) is 10.6 Å². The van der Waals surface area contributed by atoms with E-state index in [1.807, 2.05) is 123 Å². The molecule has 4 aliphatic carbocycles. The third-order valence-electron chi connectivity index (χ3n) is 16.6. The molecule has 4 bridgehead atoms. The number of rotatable bonds is 6. The van der Waals surface area contributed by atoms with Gasteiger partial charge in [-0.2, -0.15) is 0 Å². The fourth-order valence-electron chi connectivity index (χ4n) is 11.7. The number of carbonyl (C=O) groups is 2. The molecule has 0 amide bonds. The third-order valence-corrected chi connectivity index (χ3v) is 16.6. The fourth-order valence-corrected chi connectivity index (χ4v) is 11.7. The molecule has 4 fully saturated rings. The molecule has 0 spiro atoms. The number of carbonyl (C=O) groups excluding carboxylic acids is 2. The molecule has 8 heteroatoms. The summed E-state index contributed by atoms with van der Waals surface area (Å²) in [6.45, 7) is 17.7. The second-order valence-electron chi connectivity index (χ2n) is 19.9. The smallest absolute Gasteiger partial charge is 0.342 e. The number of ether oxygens (including phenoxy) is 2. The number of hydrogen-bond acceptors (Lipinski definition) is 8. The molecule has 62 heavy (non-hydrogen) atoms. The van der Waals surface area contributed by atoms with Gasteiger partial charge in [0.25, 0.3) is 0 Å². The van der Waals surface area contributed by atoms with Gasteiger partial charge in [0, 0.05) is 22.1 Å². The summed E-state index contributed by atoms with van der Waals surface area (Å²) < 4.78 is 13.4. The first-order valence-electron chi connectivity index (χ1n) is 22.5. The second-order valence-corrected chi connectivity index (χ2v) is 19.9. The van der Waals surface area contributed by atoms with E-state index in [4.69, 9.17) is 19.5 Å². The first-order chi connectivity index (χ1) is 29.6. The lowest BCUT2D eigenvalue weighted by Gasteiger charge is -2.38. The first kappa shape index (κ1) is 41.6. The maximum Gasteiger partial charge on any atom is 0.342 e. The van der Waals surface area contributed by atoms with Crippen LogP contribution in [0.25, 0.3) is 5.70 Å². The molecule has 0 radical (unpaired) electrons. The number of hydrogen-bond donors (Lipinski definition) is 2. The highest BCUT2D eigenvalue weighted by atomic mass is 16.5. The quantitative estimate of drug-likeness (QED) is 0.188. The normalized spacial score (nSPS) is 30.8. The lowest BCUT2D eigenvalue weighted by molar-refractivity contribution is -0.152. The number of aliphatic imine (C=N–C) groups is 2. The van der Waals surface area contributed by atoms with Crippen molar-refractivity contribution in [1.29, 1.82) is 0 Å². The van der Waals surface area contributed by atoms with Crippen LogP contribution in [-0.4, -0.2) is 35.6 Å². The van der Waals surface area contributed by atoms with Crippen LogP contribution in [0.1, 0.15) is 105 Å². The van der Waals surface area contributed by atoms with E-state index >= 15 is 9.59 Å². The molecule has 8 nitrogen and oxygen atoms in total. The van der Waals surface area contributed by atoms with Gasteiger partial charge in [0.1, 0.15) is 23.4 Å². The topological polar surface area (TPSA) is 101 Å². The summed E-state index contributed by atoms with van der Waals surface area (Å²) in [5, 5.41) is 7.29. The van der Waals surface area contributed by atoms with Crippen LogP contribution in [0.3, 0.4) is 0 Å². The average Bonchev–Trinajstić information content (AvgIpc) is 3.77. The van der Waals surface area contributed by atoms with Crippen molar-refractivity contribution in [1.82, 2.24) is 0 Å². The number of allylic oxidation sites excluding steroid dienone is 1. The molecule has 1 heterocycles. The minimum absolute atomic E-state index is 0.0547. The summed E-state index contributed by atoms with van der Waals surface area (Å²) in [6, 6.07) is 35.2. The predicted molar refractivity (Wildman–Crippen MR) is 250 cm³/mol. The predicted octanol–water partition coefficient (Wildman–Crippen LogP) is 12.6. The molecule has 320 valence electrons. The van der Waals surface area contributed by atoms with Gasteiger partial charge in [-0.3, -0.25) is 4.99 Å². The SMILES string of the molecule is CC1=Nc2ccccc2N/C(C)=C(/C(=O)O[C@@H]2C[C@@H]3CC[C@@]2(C)C3(C)C)C(c2ccccc2)=Nc2ccccc2N/C(c2ccccc2)=C\1C(=O)O[C@@H]1C[C@@H]2CC[C@@]1(C)C2(C)C. The second kappa shape index (κ2) is 15.5. The van der Waals surface area contributed by atoms with Crippen LogP contribution in [0.15, 0.2) is 136 Å². The number of nitrogens with zero attached hydrogens (tertiary/aromatic N) is 2. The molecule has 0 aromatic heterocycles. The van der Waals surface area contributed by atoms with Gasteiger partial charge in [0.2, 0.25) is 0 Å². The molecule has 9 rings (SSSR count). The number of esters is 2. The molecule has 4 saturated carbocycles. The van der Waals surface area contributed by atoms with Crippen molar-refractivity contribution in [3.05, 3.63) is 137 Å². The van der Waals surface area contributed by atoms with Gasteiger partial charge < -0.3 is 20.1 Å². The number of anilines is 2. The zero-order chi connectivity index (χ0) is 43.6. The summed E-state index contributed by atoms with van der Waals surface area (Å²) in [4.78, 5) is 40.8. The molecule has 4 aromatic carbocycles. The standard InChI is InChI=1S/C54H60N4O4/c1-33-45(49(59)61-43-31-37-27-29-53(43,7)51(37,3)4)47(35-19-11-9-12-20-35)57-41-25-17-18-26-42(41)58-48(36-21-13-10-14-22-36)46(34(2)56-40-24-16-15-23-39(40)55-33)50(60)62-44-32-38-28-30-54(44,8)52(38,5)6/h9-26,37-38,43-44,55,58H,27-32H2,1-8H3/b45-33+,48-46+,56-34?,57-47?/t37-,38-,43+,44+,53+,54+/m0/s1. The monoisotopic (exact) mass is 828 g/mol. The molecule has 5 aliphatic rings. The van der Waals surface area contributed by atoms with Crippen LogP contribution in [-0.2, 0) is 19.1 Å². The Morgan fingerprint density at radius 2 is 1.02 bits per heavy atom. The summed E-state index contributed by atoms with van der Waals surface area (Å²) >= 11 is 0. The van der Waals surface area contributed by atoms with E-state index in [1.54, 1.807) is 0 Å². The highest BCUT2D eigenvalue weighted by molar-refractivity contribution is 6.29. The third kappa shape index (κ3) is 6.81. The number of para-hydroxylation sites is 4. The summed E-state index contributed by atoms with van der Waals surface area (Å²) in [5.74, 6) is 0.143. The number of fused-ring (bicyclic) bond motifs is 6. The molecule has 1 aliphatic heterocycles. The Bertz CT molecular complexity index is 2550. The van der Waals surface area contributed by atoms with E-state index in [0.717, 1.165) is 49.7 Å². The van der Waals surface area contributed by atoms with Crippen molar-refractivity contribution < 1.29 is 19.1 Å². The van der Waals surface area contributed by atoms with Gasteiger partial charge in [0.15, 0.2) is 0 Å². The van der Waals surface area contributed by atoms with Crippen LogP contribution in [0.5, 0.6) is 0 Å². The first-order valence-corrected chi connectivity index (χ1v) is 22.5. The van der Waals surface area contributed by atoms with E-state index in [9.17, 15) is 0 Å². The highest BCUT2D eigenvalue weighted by Crippen LogP contribution is 2.67. The Kier molecular flexibility index (Phi) is 10.4. The van der Waals surface area contributed by atoms with E-state index in [1.165, 1.54) is 0 Å². The average molecular weight is 829 g/mol. The number of nitrogens with one attached hydrogen (secondary N) is 2. The van der Waals surface area contributed by atoms with Crippen molar-refractivity contribution in [2.24, 2.45) is 43.5 Å². The van der Waals surface area contributed by atoms with Crippen LogP contribution in [0.4, 0.5) is 22.7 Å². The Morgan fingerprint density at radius 1 is 0.565 bits per heavy atom. The van der Waals surface area contributed by atoms with E-state index in [-0.39, 0.29) is 33.9 Å². The van der Waals surface area contributed by atoms with Crippen LogP contribution in [0, 0.1) is 33.5 Å². The molecule has 2 N–H and O–H groups in total. The lowest BCUT2D eigenvalue weighted by atomic mass is 9.70. The molecular weight excluding hydrogens is 769 g/mol. The lowest BCUT2D eigenvalue weighted by Crippen LogP contribution is -2.39. The molecule has 4 aromatic rings. The minimum atomic E-state index is -0.422. The van der Waals surface area contributed by atoms with Crippen LogP contribution < -0.4 is 10.6 Å². The van der Waals surface area contributed by atoms with Gasteiger partial charge >= 0.3 is 11.9 Å². The van der Waals surface area contributed by atoms with Gasteiger partial charge in [-0.15, -0.1) is 0 Å². The molecule has 6 atom stereocenters. The number of benzene rings is 4. The molecule has 0 saturated heterocycles. The van der Waals surface area contributed by atoms with E-state index < -0.39 is 11.9 Å². The fraction of sp³-hybridized carbons (Fsp3) is 0.407. The van der Waals surface area contributed by atoms with Crippen LogP contribution in [0.2, 0.25) is 0 Å². The van der Waals surface area contributed by atoms with Gasteiger partial charge in [0.05, 0.1) is 39.9 Å². The largest absolute Gasteiger partial charge is 0.458 e. The zero-order valence-electron chi connectivity index (χ0n) is 37.5. The van der Waals surface area contributed by atoms with Gasteiger partial charge in [-0.1, -0.05) is 126 Å².